The molecular formula is C21H26ClF3N4S. The first kappa shape index (κ1) is 22.0. The second-order valence-electron chi connectivity index (χ2n) is 8.79. The average Bonchev–Trinajstić information content (AvgIpc) is 3.55. The molecule has 2 atom stereocenters. The Kier molecular flexibility index (Phi) is 6.12. The lowest BCUT2D eigenvalue weighted by Crippen LogP contribution is -2.28. The summed E-state index contributed by atoms with van der Waals surface area (Å²) in [5, 5.41) is 9.36. The fourth-order valence-corrected chi connectivity index (χ4v) is 5.44. The first-order chi connectivity index (χ1) is 13.9. The van der Waals surface area contributed by atoms with Crippen molar-refractivity contribution in [2.45, 2.75) is 48.9 Å². The lowest BCUT2D eigenvalue weighted by molar-refractivity contribution is -0.137. The molecule has 3 aliphatic rings. The molecule has 0 radical (unpaired) electrons. The van der Waals surface area contributed by atoms with Gasteiger partial charge in [-0.25, -0.2) is 0 Å². The Morgan fingerprint density at radius 1 is 1.17 bits per heavy atom. The first-order valence-electron chi connectivity index (χ1n) is 10.4. The zero-order valence-electron chi connectivity index (χ0n) is 16.6. The normalized spacial score (nSPS) is 25.8. The van der Waals surface area contributed by atoms with E-state index >= 15 is 0 Å². The van der Waals surface area contributed by atoms with E-state index < -0.39 is 11.7 Å². The number of aromatic amines is 1. The van der Waals surface area contributed by atoms with Crippen LogP contribution in [0.3, 0.4) is 0 Å². The van der Waals surface area contributed by atoms with Gasteiger partial charge >= 0.3 is 6.18 Å². The molecule has 1 saturated heterocycles. The molecule has 0 amide bonds. The second kappa shape index (κ2) is 8.36. The molecule has 1 aromatic carbocycles. The van der Waals surface area contributed by atoms with Gasteiger partial charge in [0.05, 0.1) is 5.56 Å². The van der Waals surface area contributed by atoms with Crippen LogP contribution in [-0.2, 0) is 18.0 Å². The monoisotopic (exact) mass is 458 g/mol. The van der Waals surface area contributed by atoms with Crippen LogP contribution in [0.15, 0.2) is 29.4 Å². The van der Waals surface area contributed by atoms with Crippen molar-refractivity contribution in [1.82, 2.24) is 20.1 Å². The van der Waals surface area contributed by atoms with E-state index in [0.717, 1.165) is 67.1 Å². The molecule has 3 fully saturated rings. The number of likely N-dealkylation sites (tertiary alicyclic amines) is 1. The minimum atomic E-state index is -4.26. The molecule has 0 spiro atoms. The van der Waals surface area contributed by atoms with Crippen molar-refractivity contribution in [1.29, 1.82) is 0 Å². The fraction of sp³-hybridized carbons (Fsp3) is 0.619. The standard InChI is InChI=1S/C21H25F3N4S.ClH/c22-21(23,24)16-6-4-15(5-7-16)20-11-17(20)12-28(13-20)8-1-9-29-19-25-18(26-27-19)10-14-2-3-14;/h4-7,14,17H,1-3,8-13H2,(H,25,26,27);1H/t17-,20+;/m0./s1. The smallest absolute Gasteiger partial charge is 0.320 e. The summed E-state index contributed by atoms with van der Waals surface area (Å²) in [6.45, 7) is 3.04. The van der Waals surface area contributed by atoms with Crippen LogP contribution in [0.1, 0.15) is 42.6 Å². The maximum absolute atomic E-state index is 12.8. The van der Waals surface area contributed by atoms with Crippen molar-refractivity contribution in [3.8, 4) is 0 Å². The molecule has 2 heterocycles. The minimum absolute atomic E-state index is 0. The molecule has 2 saturated carbocycles. The number of halogens is 4. The summed E-state index contributed by atoms with van der Waals surface area (Å²) >= 11 is 1.72. The molecule has 164 valence electrons. The molecule has 30 heavy (non-hydrogen) atoms. The van der Waals surface area contributed by atoms with Crippen LogP contribution in [0.5, 0.6) is 0 Å². The van der Waals surface area contributed by atoms with Crippen molar-refractivity contribution in [2.24, 2.45) is 11.8 Å². The van der Waals surface area contributed by atoms with Gasteiger partial charge in [0.15, 0.2) is 5.16 Å². The van der Waals surface area contributed by atoms with E-state index in [4.69, 9.17) is 0 Å². The van der Waals surface area contributed by atoms with Crippen LogP contribution in [0, 0.1) is 11.8 Å². The predicted molar refractivity (Wildman–Crippen MR) is 113 cm³/mol. The maximum Gasteiger partial charge on any atom is 0.416 e. The van der Waals surface area contributed by atoms with Gasteiger partial charge < -0.3 is 9.88 Å². The third-order valence-electron chi connectivity index (χ3n) is 6.55. The number of thioether (sulfide) groups is 1. The van der Waals surface area contributed by atoms with Crippen molar-refractivity contribution in [3.05, 3.63) is 41.2 Å². The SMILES string of the molecule is Cl.FC(F)(F)c1ccc([C@]23C[C@H]2CN(CCCSc2nnc(CC4CC4)[nH]2)C3)cc1. The van der Waals surface area contributed by atoms with Crippen LogP contribution >= 0.6 is 24.2 Å². The van der Waals surface area contributed by atoms with Gasteiger partial charge in [-0.1, -0.05) is 23.9 Å². The van der Waals surface area contributed by atoms with Gasteiger partial charge in [-0.15, -0.1) is 22.6 Å². The number of nitrogens with one attached hydrogen (secondary N) is 1. The molecular weight excluding hydrogens is 433 g/mol. The predicted octanol–water partition coefficient (Wildman–Crippen LogP) is 4.95. The number of piperidine rings is 1. The van der Waals surface area contributed by atoms with Gasteiger partial charge in [-0.3, -0.25) is 0 Å². The van der Waals surface area contributed by atoms with Gasteiger partial charge in [-0.05, 0) is 61.8 Å². The number of rotatable bonds is 8. The second-order valence-corrected chi connectivity index (χ2v) is 9.88. The van der Waals surface area contributed by atoms with Crippen LogP contribution in [-0.4, -0.2) is 45.5 Å². The summed E-state index contributed by atoms with van der Waals surface area (Å²) in [5.74, 6) is 3.39. The molecule has 4 nitrogen and oxygen atoms in total. The van der Waals surface area contributed by atoms with Gasteiger partial charge in [0.2, 0.25) is 0 Å². The molecule has 0 unspecified atom stereocenters. The average molecular weight is 459 g/mol. The number of fused-ring (bicyclic) bond motifs is 1. The molecule has 5 rings (SSSR count). The number of nitrogens with zero attached hydrogens (tertiary/aromatic N) is 3. The van der Waals surface area contributed by atoms with Gasteiger partial charge in [0, 0.05) is 30.7 Å². The summed E-state index contributed by atoms with van der Waals surface area (Å²) < 4.78 is 38.4. The quantitative estimate of drug-likeness (QED) is 0.449. The van der Waals surface area contributed by atoms with E-state index in [-0.39, 0.29) is 17.8 Å². The van der Waals surface area contributed by atoms with Crippen LogP contribution in [0.2, 0.25) is 0 Å². The lowest BCUT2D eigenvalue weighted by Gasteiger charge is -2.21. The zero-order valence-corrected chi connectivity index (χ0v) is 18.3. The van der Waals surface area contributed by atoms with Gasteiger partial charge in [0.25, 0.3) is 0 Å². The summed E-state index contributed by atoms with van der Waals surface area (Å²) in [6.07, 6.45) is 1.56. The first-order valence-corrected chi connectivity index (χ1v) is 11.4. The Morgan fingerprint density at radius 3 is 2.63 bits per heavy atom. The van der Waals surface area contributed by atoms with Crippen molar-refractivity contribution in [3.63, 3.8) is 0 Å². The largest absolute Gasteiger partial charge is 0.416 e. The van der Waals surface area contributed by atoms with Crippen molar-refractivity contribution in [2.75, 3.05) is 25.4 Å². The van der Waals surface area contributed by atoms with E-state index in [1.54, 1.807) is 23.9 Å². The maximum atomic E-state index is 12.8. The highest BCUT2D eigenvalue weighted by Crippen LogP contribution is 2.59. The molecule has 2 aliphatic carbocycles. The van der Waals surface area contributed by atoms with E-state index in [2.05, 4.69) is 20.1 Å². The Morgan fingerprint density at radius 2 is 1.93 bits per heavy atom. The van der Waals surface area contributed by atoms with Gasteiger partial charge in [0.1, 0.15) is 5.82 Å². The molecule has 1 N–H and O–H groups in total. The Balaban J connectivity index is 0.00000218. The summed E-state index contributed by atoms with van der Waals surface area (Å²) in [5.41, 5.74) is 0.589. The lowest BCUT2D eigenvalue weighted by atomic mass is 9.94. The van der Waals surface area contributed by atoms with Crippen molar-refractivity contribution >= 4 is 24.2 Å². The summed E-state index contributed by atoms with van der Waals surface area (Å²) in [7, 11) is 0. The Hall–Kier alpha value is -1.25. The number of benzene rings is 1. The highest BCUT2D eigenvalue weighted by molar-refractivity contribution is 7.99. The molecule has 1 aromatic heterocycles. The number of alkyl halides is 3. The molecule has 9 heteroatoms. The third kappa shape index (κ3) is 4.65. The number of hydrogen-bond donors (Lipinski definition) is 1. The van der Waals surface area contributed by atoms with E-state index in [1.807, 2.05) is 0 Å². The van der Waals surface area contributed by atoms with Crippen LogP contribution in [0.25, 0.3) is 0 Å². The summed E-state index contributed by atoms with van der Waals surface area (Å²) in [4.78, 5) is 5.78. The van der Waals surface area contributed by atoms with E-state index in [0.29, 0.717) is 5.92 Å². The highest BCUT2D eigenvalue weighted by Gasteiger charge is 2.60. The van der Waals surface area contributed by atoms with Crippen molar-refractivity contribution < 1.29 is 13.2 Å². The topological polar surface area (TPSA) is 44.8 Å². The zero-order chi connectivity index (χ0) is 20.1. The molecule has 2 aromatic rings. The van der Waals surface area contributed by atoms with Crippen LogP contribution < -0.4 is 0 Å². The number of H-pyrrole nitrogens is 1. The fourth-order valence-electron chi connectivity index (χ4n) is 4.68. The summed E-state index contributed by atoms with van der Waals surface area (Å²) in [6, 6.07) is 5.83. The third-order valence-corrected chi connectivity index (χ3v) is 7.50. The molecule has 1 aliphatic heterocycles. The number of aromatic nitrogens is 3. The van der Waals surface area contributed by atoms with E-state index in [9.17, 15) is 13.2 Å². The van der Waals surface area contributed by atoms with Gasteiger partial charge in [-0.2, -0.15) is 13.2 Å². The highest BCUT2D eigenvalue weighted by atomic mass is 35.5. The minimum Gasteiger partial charge on any atom is -0.320 e. The Labute approximate surface area is 184 Å². The number of hydrogen-bond acceptors (Lipinski definition) is 4. The van der Waals surface area contributed by atoms with E-state index in [1.165, 1.54) is 25.0 Å². The Bertz CT molecular complexity index is 868. The van der Waals surface area contributed by atoms with Crippen LogP contribution in [0.4, 0.5) is 13.2 Å². The molecule has 0 bridgehead atoms.